The number of benzene rings is 3. The van der Waals surface area contributed by atoms with Crippen LogP contribution in [-0.2, 0) is 16.5 Å². The Kier molecular flexibility index (Phi) is 5.65. The molecule has 20 heavy (non-hydrogen) atoms. The summed E-state index contributed by atoms with van der Waals surface area (Å²) in [7, 11) is 0. The minimum absolute atomic E-state index is 0. The molecular formula is C18H15AsNi. The van der Waals surface area contributed by atoms with Crippen molar-refractivity contribution in [2.75, 3.05) is 0 Å². The standard InChI is InChI=1S/C18H15As.Ni/c1-4-10-16(11-5-1)19(17-12-6-2-7-13-17)18-14-8-3-9-15-18;/h1-15H;. The fraction of sp³-hybridized carbons (Fsp3) is 0. The van der Waals surface area contributed by atoms with E-state index in [0.29, 0.717) is 0 Å². The molecule has 0 aliphatic carbocycles. The Balaban J connectivity index is 0.00000147. The second-order valence-corrected chi connectivity index (χ2v) is 9.00. The third kappa shape index (κ3) is 3.42. The van der Waals surface area contributed by atoms with Gasteiger partial charge in [0, 0.05) is 16.5 Å². The van der Waals surface area contributed by atoms with Crippen LogP contribution in [0, 0.1) is 0 Å². The van der Waals surface area contributed by atoms with Gasteiger partial charge in [-0.3, -0.25) is 0 Å². The van der Waals surface area contributed by atoms with E-state index < -0.39 is 14.7 Å². The molecule has 0 unspecified atom stereocenters. The van der Waals surface area contributed by atoms with Crippen LogP contribution in [0.3, 0.4) is 0 Å². The van der Waals surface area contributed by atoms with Gasteiger partial charge in [-0.1, -0.05) is 0 Å². The van der Waals surface area contributed by atoms with Crippen LogP contribution in [0.25, 0.3) is 0 Å². The van der Waals surface area contributed by atoms with Gasteiger partial charge in [0.1, 0.15) is 0 Å². The van der Waals surface area contributed by atoms with E-state index in [4.69, 9.17) is 0 Å². The summed E-state index contributed by atoms with van der Waals surface area (Å²) in [5.74, 6) is 0. The van der Waals surface area contributed by atoms with Gasteiger partial charge in [0.05, 0.1) is 0 Å². The first kappa shape index (κ1) is 15.1. The number of rotatable bonds is 3. The van der Waals surface area contributed by atoms with Crippen LogP contribution in [0.1, 0.15) is 0 Å². The van der Waals surface area contributed by atoms with E-state index in [1.807, 2.05) is 0 Å². The average Bonchev–Trinajstić information content (AvgIpc) is 2.51. The van der Waals surface area contributed by atoms with Crippen molar-refractivity contribution in [3.8, 4) is 0 Å². The zero-order valence-corrected chi connectivity index (χ0v) is 13.8. The molecule has 102 valence electrons. The average molecular weight is 365 g/mol. The van der Waals surface area contributed by atoms with E-state index in [9.17, 15) is 0 Å². The Morgan fingerprint density at radius 1 is 0.400 bits per heavy atom. The summed E-state index contributed by atoms with van der Waals surface area (Å²) in [5.41, 5.74) is 0. The molecule has 0 aliphatic rings. The molecule has 0 fully saturated rings. The van der Waals surface area contributed by atoms with Gasteiger partial charge in [0.15, 0.2) is 0 Å². The van der Waals surface area contributed by atoms with Crippen molar-refractivity contribution >= 4 is 27.7 Å². The van der Waals surface area contributed by atoms with Gasteiger partial charge in [0.2, 0.25) is 0 Å². The summed E-state index contributed by atoms with van der Waals surface area (Å²) in [5, 5.41) is 0. The molecular weight excluding hydrogens is 350 g/mol. The Bertz CT molecular complexity index is 529. The summed E-state index contributed by atoms with van der Waals surface area (Å²) in [4.78, 5) is 0. The fourth-order valence-corrected chi connectivity index (χ4v) is 7.02. The molecule has 3 rings (SSSR count). The first-order valence-corrected chi connectivity index (χ1v) is 9.22. The van der Waals surface area contributed by atoms with Crippen LogP contribution >= 0.6 is 0 Å². The van der Waals surface area contributed by atoms with Crippen LogP contribution < -0.4 is 13.1 Å². The van der Waals surface area contributed by atoms with Crippen molar-refractivity contribution in [3.05, 3.63) is 91.0 Å². The predicted molar refractivity (Wildman–Crippen MR) is 84.0 cm³/mol. The van der Waals surface area contributed by atoms with Crippen molar-refractivity contribution in [1.29, 1.82) is 0 Å². The molecule has 0 spiro atoms. The summed E-state index contributed by atoms with van der Waals surface area (Å²) in [6.45, 7) is 0. The summed E-state index contributed by atoms with van der Waals surface area (Å²) >= 11 is -1.39. The van der Waals surface area contributed by atoms with E-state index in [2.05, 4.69) is 91.0 Å². The molecule has 0 heterocycles. The van der Waals surface area contributed by atoms with E-state index in [-0.39, 0.29) is 16.5 Å². The molecule has 0 N–H and O–H groups in total. The second-order valence-electron chi connectivity index (χ2n) is 4.34. The van der Waals surface area contributed by atoms with E-state index in [0.717, 1.165) is 0 Å². The predicted octanol–water partition coefficient (Wildman–Crippen LogP) is 2.20. The molecule has 0 atom stereocenters. The normalized spacial score (nSPS) is 10.1. The van der Waals surface area contributed by atoms with Crippen molar-refractivity contribution in [2.45, 2.75) is 0 Å². The van der Waals surface area contributed by atoms with Gasteiger partial charge in [-0.05, 0) is 0 Å². The monoisotopic (exact) mass is 364 g/mol. The quantitative estimate of drug-likeness (QED) is 0.625. The summed E-state index contributed by atoms with van der Waals surface area (Å²) < 4.78 is 4.44. The number of hydrogen-bond donors (Lipinski definition) is 0. The molecule has 0 nitrogen and oxygen atoms in total. The van der Waals surface area contributed by atoms with Gasteiger partial charge in [-0.2, -0.15) is 0 Å². The molecule has 2 heteroatoms. The van der Waals surface area contributed by atoms with Crippen LogP contribution in [0.15, 0.2) is 91.0 Å². The molecule has 0 saturated carbocycles. The molecule has 0 aliphatic heterocycles. The molecule has 0 radical (unpaired) electrons. The zero-order chi connectivity index (χ0) is 12.9. The van der Waals surface area contributed by atoms with Crippen LogP contribution in [0.4, 0.5) is 0 Å². The van der Waals surface area contributed by atoms with Gasteiger partial charge in [-0.15, -0.1) is 0 Å². The first-order valence-electron chi connectivity index (χ1n) is 6.40. The third-order valence-corrected chi connectivity index (χ3v) is 8.17. The molecule has 0 amide bonds. The zero-order valence-electron chi connectivity index (χ0n) is 10.9. The van der Waals surface area contributed by atoms with Crippen molar-refractivity contribution in [3.63, 3.8) is 0 Å². The maximum absolute atomic E-state index is 2.26. The Hall–Kier alpha value is -1.29. The summed E-state index contributed by atoms with van der Waals surface area (Å²) in [6.07, 6.45) is 0. The van der Waals surface area contributed by atoms with Gasteiger partial charge in [0.25, 0.3) is 0 Å². The molecule has 3 aromatic carbocycles. The molecule has 3 aromatic rings. The van der Waals surface area contributed by atoms with Gasteiger partial charge in [-0.25, -0.2) is 0 Å². The van der Waals surface area contributed by atoms with E-state index in [1.165, 1.54) is 13.1 Å². The summed E-state index contributed by atoms with van der Waals surface area (Å²) in [6, 6.07) is 32.7. The van der Waals surface area contributed by atoms with Gasteiger partial charge < -0.3 is 0 Å². The first-order chi connectivity index (χ1) is 9.45. The Morgan fingerprint density at radius 2 is 0.650 bits per heavy atom. The molecule has 0 aromatic heterocycles. The maximum atomic E-state index is 2.26. The van der Waals surface area contributed by atoms with Gasteiger partial charge >= 0.3 is 119 Å². The van der Waals surface area contributed by atoms with Crippen molar-refractivity contribution in [1.82, 2.24) is 0 Å². The third-order valence-electron chi connectivity index (χ3n) is 3.04. The van der Waals surface area contributed by atoms with E-state index >= 15 is 0 Å². The van der Waals surface area contributed by atoms with E-state index in [1.54, 1.807) is 0 Å². The van der Waals surface area contributed by atoms with Crippen LogP contribution in [0.2, 0.25) is 0 Å². The minimum atomic E-state index is -1.39. The Labute approximate surface area is 135 Å². The molecule has 0 bridgehead atoms. The Morgan fingerprint density at radius 3 is 0.900 bits per heavy atom. The second kappa shape index (κ2) is 7.48. The molecule has 0 saturated heterocycles. The number of hydrogen-bond acceptors (Lipinski definition) is 0. The SMILES string of the molecule is [Ni].c1ccc([As](c2ccccc2)c2ccccc2)cc1. The van der Waals surface area contributed by atoms with Crippen molar-refractivity contribution in [2.24, 2.45) is 0 Å². The van der Waals surface area contributed by atoms with Crippen LogP contribution in [0.5, 0.6) is 0 Å². The van der Waals surface area contributed by atoms with Crippen LogP contribution in [-0.4, -0.2) is 14.7 Å². The topological polar surface area (TPSA) is 0 Å². The fourth-order valence-electron chi connectivity index (χ4n) is 2.18. The van der Waals surface area contributed by atoms with Crippen molar-refractivity contribution < 1.29 is 16.5 Å².